The average Bonchev–Trinajstić information content (AvgIpc) is 3.20. The second-order valence-electron chi connectivity index (χ2n) is 5.75. The zero-order valence-corrected chi connectivity index (χ0v) is 13.4. The normalized spacial score (nSPS) is 11.0. The van der Waals surface area contributed by atoms with Crippen LogP contribution < -0.4 is 5.32 Å². The second-order valence-corrected chi connectivity index (χ2v) is 5.75. The first kappa shape index (κ1) is 15.9. The van der Waals surface area contributed by atoms with Gasteiger partial charge in [0.05, 0.1) is 17.8 Å². The number of fused-ring (bicyclic) bond motifs is 1. The van der Waals surface area contributed by atoms with Crippen LogP contribution in [0.4, 0.5) is 14.6 Å². The fourth-order valence-corrected chi connectivity index (χ4v) is 2.67. The third-order valence-corrected chi connectivity index (χ3v) is 3.77. The number of rotatable bonds is 4. The maximum Gasteiger partial charge on any atom is 0.231 e. The number of carbonyl (C=O) groups excluding carboxylic acids is 1. The molecule has 1 amide bonds. The van der Waals surface area contributed by atoms with Crippen LogP contribution in [0.25, 0.3) is 16.9 Å². The van der Waals surface area contributed by atoms with Crippen molar-refractivity contribution in [2.75, 3.05) is 5.32 Å². The molecule has 0 radical (unpaired) electrons. The number of hydrogen-bond acceptors (Lipinski definition) is 3. The van der Waals surface area contributed by atoms with Gasteiger partial charge in [0.15, 0.2) is 5.82 Å². The topological polar surface area (TPSA) is 75.1 Å². The quantitative estimate of drug-likeness (QED) is 0.592. The van der Waals surface area contributed by atoms with Crippen LogP contribution in [0.5, 0.6) is 0 Å². The molecule has 1 aromatic carbocycles. The molecule has 0 saturated carbocycles. The molecule has 26 heavy (non-hydrogen) atoms. The van der Waals surface area contributed by atoms with Gasteiger partial charge in [0.1, 0.15) is 17.3 Å². The van der Waals surface area contributed by atoms with E-state index >= 15 is 0 Å². The van der Waals surface area contributed by atoms with Crippen LogP contribution in [-0.2, 0) is 11.2 Å². The van der Waals surface area contributed by atoms with Gasteiger partial charge in [-0.15, -0.1) is 0 Å². The first-order chi connectivity index (χ1) is 12.6. The lowest BCUT2D eigenvalue weighted by atomic mass is 10.1. The monoisotopic (exact) mass is 353 g/mol. The standard InChI is InChI=1S/C18H13F2N5O/c19-12-5-11(6-13(20)7-12)15-9-16(24-23-15)22-18(26)8-14-10-25-4-2-1-3-17(25)21-14/h1-7,9-10H,8H2,(H2,22,23,24,26). The fraction of sp³-hybridized carbons (Fsp3) is 0.0556. The predicted octanol–water partition coefficient (Wildman–Crippen LogP) is 3.18. The van der Waals surface area contributed by atoms with Gasteiger partial charge in [0, 0.05) is 30.1 Å². The third-order valence-electron chi connectivity index (χ3n) is 3.77. The summed E-state index contributed by atoms with van der Waals surface area (Å²) < 4.78 is 28.4. The number of hydrogen-bond donors (Lipinski definition) is 2. The van der Waals surface area contributed by atoms with Crippen molar-refractivity contribution in [2.24, 2.45) is 0 Å². The van der Waals surface area contributed by atoms with E-state index < -0.39 is 11.6 Å². The summed E-state index contributed by atoms with van der Waals surface area (Å²) in [6.45, 7) is 0. The highest BCUT2D eigenvalue weighted by molar-refractivity contribution is 5.91. The maximum atomic E-state index is 13.3. The summed E-state index contributed by atoms with van der Waals surface area (Å²) in [5.41, 5.74) is 2.07. The number of aromatic amines is 1. The molecule has 4 aromatic rings. The van der Waals surface area contributed by atoms with Gasteiger partial charge in [-0.05, 0) is 24.3 Å². The molecule has 0 aliphatic heterocycles. The highest BCUT2D eigenvalue weighted by Gasteiger charge is 2.11. The lowest BCUT2D eigenvalue weighted by molar-refractivity contribution is -0.115. The molecule has 0 aliphatic rings. The summed E-state index contributed by atoms with van der Waals surface area (Å²) in [6, 6.07) is 10.2. The average molecular weight is 353 g/mol. The molecule has 0 aliphatic carbocycles. The number of aromatic nitrogens is 4. The summed E-state index contributed by atoms with van der Waals surface area (Å²) >= 11 is 0. The number of halogens is 2. The number of anilines is 1. The van der Waals surface area contributed by atoms with E-state index in [-0.39, 0.29) is 18.1 Å². The van der Waals surface area contributed by atoms with E-state index in [0.29, 0.717) is 17.0 Å². The van der Waals surface area contributed by atoms with E-state index in [1.807, 2.05) is 28.8 Å². The van der Waals surface area contributed by atoms with E-state index in [4.69, 9.17) is 0 Å². The van der Waals surface area contributed by atoms with Crippen LogP contribution in [0.1, 0.15) is 5.69 Å². The fourth-order valence-electron chi connectivity index (χ4n) is 2.67. The van der Waals surface area contributed by atoms with Crippen molar-refractivity contribution in [2.45, 2.75) is 6.42 Å². The van der Waals surface area contributed by atoms with Gasteiger partial charge >= 0.3 is 0 Å². The Kier molecular flexibility index (Phi) is 3.92. The minimum atomic E-state index is -0.688. The van der Waals surface area contributed by atoms with Crippen LogP contribution in [0.2, 0.25) is 0 Å². The van der Waals surface area contributed by atoms with Gasteiger partial charge in [-0.3, -0.25) is 9.89 Å². The van der Waals surface area contributed by atoms with Gasteiger partial charge in [0.25, 0.3) is 0 Å². The first-order valence-electron chi connectivity index (χ1n) is 7.81. The molecule has 0 spiro atoms. The Bertz CT molecular complexity index is 1050. The zero-order chi connectivity index (χ0) is 18.1. The van der Waals surface area contributed by atoms with Crippen molar-refractivity contribution >= 4 is 17.4 Å². The minimum Gasteiger partial charge on any atom is -0.309 e. The number of amides is 1. The maximum absolute atomic E-state index is 13.3. The highest BCUT2D eigenvalue weighted by atomic mass is 19.1. The predicted molar refractivity (Wildman–Crippen MR) is 91.5 cm³/mol. The Labute approximate surface area is 146 Å². The van der Waals surface area contributed by atoms with Crippen LogP contribution in [0.3, 0.4) is 0 Å². The van der Waals surface area contributed by atoms with Crippen molar-refractivity contribution in [3.63, 3.8) is 0 Å². The highest BCUT2D eigenvalue weighted by Crippen LogP contribution is 2.22. The first-order valence-corrected chi connectivity index (χ1v) is 7.81. The van der Waals surface area contributed by atoms with E-state index in [9.17, 15) is 13.6 Å². The molecule has 4 rings (SSSR count). The SMILES string of the molecule is O=C(Cc1cn2ccccc2n1)Nc1cc(-c2cc(F)cc(F)c2)[nH]n1. The smallest absolute Gasteiger partial charge is 0.231 e. The Hall–Kier alpha value is -3.55. The van der Waals surface area contributed by atoms with Crippen LogP contribution in [0.15, 0.2) is 54.9 Å². The van der Waals surface area contributed by atoms with Gasteiger partial charge in [0.2, 0.25) is 5.91 Å². The zero-order valence-electron chi connectivity index (χ0n) is 13.4. The number of nitrogens with zero attached hydrogens (tertiary/aromatic N) is 3. The molecule has 8 heteroatoms. The van der Waals surface area contributed by atoms with Crippen LogP contribution >= 0.6 is 0 Å². The lowest BCUT2D eigenvalue weighted by Gasteiger charge is -1.99. The second kappa shape index (κ2) is 6.40. The molecule has 3 heterocycles. The summed E-state index contributed by atoms with van der Waals surface area (Å²) in [7, 11) is 0. The largest absolute Gasteiger partial charge is 0.309 e. The molecule has 130 valence electrons. The minimum absolute atomic E-state index is 0.0818. The summed E-state index contributed by atoms with van der Waals surface area (Å²) in [5.74, 6) is -1.41. The van der Waals surface area contributed by atoms with E-state index in [1.54, 1.807) is 6.20 Å². The van der Waals surface area contributed by atoms with Gasteiger partial charge < -0.3 is 9.72 Å². The third kappa shape index (κ3) is 3.30. The van der Waals surface area contributed by atoms with Crippen molar-refractivity contribution in [1.29, 1.82) is 0 Å². The van der Waals surface area contributed by atoms with Gasteiger partial charge in [-0.2, -0.15) is 5.10 Å². The number of carbonyl (C=O) groups is 1. The molecule has 0 unspecified atom stereocenters. The van der Waals surface area contributed by atoms with Crippen molar-refractivity contribution in [3.05, 3.63) is 72.2 Å². The molecule has 2 N–H and O–H groups in total. The Balaban J connectivity index is 1.47. The van der Waals surface area contributed by atoms with Gasteiger partial charge in [-0.25, -0.2) is 13.8 Å². The molecular weight excluding hydrogens is 340 g/mol. The van der Waals surface area contributed by atoms with E-state index in [1.165, 1.54) is 18.2 Å². The summed E-state index contributed by atoms with van der Waals surface area (Å²) in [4.78, 5) is 16.5. The van der Waals surface area contributed by atoms with Crippen molar-refractivity contribution < 1.29 is 13.6 Å². The number of benzene rings is 1. The van der Waals surface area contributed by atoms with E-state index in [0.717, 1.165) is 11.7 Å². The molecule has 0 fully saturated rings. The number of nitrogens with one attached hydrogen (secondary N) is 2. The Morgan fingerprint density at radius 2 is 1.96 bits per heavy atom. The van der Waals surface area contributed by atoms with E-state index in [2.05, 4.69) is 20.5 Å². The Morgan fingerprint density at radius 1 is 1.15 bits per heavy atom. The number of imidazole rings is 1. The number of pyridine rings is 1. The molecule has 3 aromatic heterocycles. The van der Waals surface area contributed by atoms with Crippen molar-refractivity contribution in [1.82, 2.24) is 19.6 Å². The molecule has 0 saturated heterocycles. The number of H-pyrrole nitrogens is 1. The summed E-state index contributed by atoms with van der Waals surface area (Å²) in [6.07, 6.45) is 3.71. The molecular formula is C18H13F2N5O. The van der Waals surface area contributed by atoms with Crippen molar-refractivity contribution in [3.8, 4) is 11.3 Å². The summed E-state index contributed by atoms with van der Waals surface area (Å²) in [5, 5.41) is 9.23. The van der Waals surface area contributed by atoms with Crippen LogP contribution in [-0.4, -0.2) is 25.5 Å². The Morgan fingerprint density at radius 3 is 2.73 bits per heavy atom. The molecule has 0 bridgehead atoms. The van der Waals surface area contributed by atoms with Gasteiger partial charge in [-0.1, -0.05) is 6.07 Å². The molecule has 6 nitrogen and oxygen atoms in total. The lowest BCUT2D eigenvalue weighted by Crippen LogP contribution is -2.14. The van der Waals surface area contributed by atoms with Crippen LogP contribution in [0, 0.1) is 11.6 Å². The molecule has 0 atom stereocenters.